The molecular formula is C15H23BrN2O2. The number of pyridine rings is 1. The quantitative estimate of drug-likeness (QED) is 0.835. The maximum Gasteiger partial charge on any atom is 0.152 e. The molecule has 1 aromatic rings. The molecule has 0 spiro atoms. The SMILES string of the molecule is CC1CCN(CC(O)COc2cccnc2Br)C[C@@H]1C. The molecule has 112 valence electrons. The van der Waals surface area contributed by atoms with Gasteiger partial charge < -0.3 is 14.7 Å². The molecule has 5 heteroatoms. The maximum atomic E-state index is 10.1. The predicted octanol–water partition coefficient (Wildman–Crippen LogP) is 2.56. The molecule has 0 bridgehead atoms. The van der Waals surface area contributed by atoms with E-state index in [0.29, 0.717) is 29.4 Å². The van der Waals surface area contributed by atoms with Gasteiger partial charge in [-0.05, 0) is 52.9 Å². The Morgan fingerprint density at radius 3 is 3.00 bits per heavy atom. The van der Waals surface area contributed by atoms with Gasteiger partial charge in [-0.25, -0.2) is 4.98 Å². The van der Waals surface area contributed by atoms with E-state index in [1.54, 1.807) is 6.20 Å². The van der Waals surface area contributed by atoms with Crippen LogP contribution in [0.2, 0.25) is 0 Å². The van der Waals surface area contributed by atoms with E-state index in [0.717, 1.165) is 19.0 Å². The highest BCUT2D eigenvalue weighted by Crippen LogP contribution is 2.23. The fourth-order valence-corrected chi connectivity index (χ4v) is 2.90. The summed E-state index contributed by atoms with van der Waals surface area (Å²) in [7, 11) is 0. The van der Waals surface area contributed by atoms with Gasteiger partial charge >= 0.3 is 0 Å². The summed E-state index contributed by atoms with van der Waals surface area (Å²) in [6.45, 7) is 7.70. The van der Waals surface area contributed by atoms with Crippen LogP contribution in [-0.2, 0) is 0 Å². The third kappa shape index (κ3) is 4.43. The summed E-state index contributed by atoms with van der Waals surface area (Å²) in [5, 5.41) is 10.1. The molecule has 1 saturated heterocycles. The van der Waals surface area contributed by atoms with Crippen LogP contribution in [0.3, 0.4) is 0 Å². The Labute approximate surface area is 129 Å². The van der Waals surface area contributed by atoms with E-state index in [4.69, 9.17) is 4.74 Å². The van der Waals surface area contributed by atoms with Gasteiger partial charge in [0.25, 0.3) is 0 Å². The number of ether oxygens (including phenoxy) is 1. The lowest BCUT2D eigenvalue weighted by Gasteiger charge is -2.36. The van der Waals surface area contributed by atoms with Crippen molar-refractivity contribution in [3.8, 4) is 5.75 Å². The molecule has 1 aromatic heterocycles. The molecule has 1 fully saturated rings. The fourth-order valence-electron chi connectivity index (χ4n) is 2.53. The van der Waals surface area contributed by atoms with E-state index in [1.165, 1.54) is 6.42 Å². The lowest BCUT2D eigenvalue weighted by Crippen LogP contribution is -2.43. The van der Waals surface area contributed by atoms with Crippen molar-refractivity contribution in [1.82, 2.24) is 9.88 Å². The van der Waals surface area contributed by atoms with Crippen molar-refractivity contribution in [2.24, 2.45) is 11.8 Å². The highest BCUT2D eigenvalue weighted by atomic mass is 79.9. The van der Waals surface area contributed by atoms with Gasteiger partial charge in [-0.3, -0.25) is 0 Å². The number of piperidine rings is 1. The molecule has 0 saturated carbocycles. The number of hydrogen-bond donors (Lipinski definition) is 1. The summed E-state index contributed by atoms with van der Waals surface area (Å²) in [4.78, 5) is 6.42. The second-order valence-corrected chi connectivity index (χ2v) is 6.51. The Balaban J connectivity index is 1.76. The number of aliphatic hydroxyl groups is 1. The summed E-state index contributed by atoms with van der Waals surface area (Å²) < 4.78 is 6.28. The first-order valence-electron chi connectivity index (χ1n) is 7.20. The normalized spacial score (nSPS) is 25.4. The smallest absolute Gasteiger partial charge is 0.152 e. The topological polar surface area (TPSA) is 45.6 Å². The van der Waals surface area contributed by atoms with Crippen LogP contribution in [0.4, 0.5) is 0 Å². The third-order valence-electron chi connectivity index (χ3n) is 4.04. The Bertz CT molecular complexity index is 430. The Kier molecular flexibility index (Phi) is 5.81. The van der Waals surface area contributed by atoms with Gasteiger partial charge in [0, 0.05) is 19.3 Å². The first kappa shape index (κ1) is 15.7. The number of β-amino-alcohol motifs (C(OH)–C–C–N with tert-alkyl or cyclic N) is 1. The monoisotopic (exact) mass is 342 g/mol. The van der Waals surface area contributed by atoms with Crippen LogP contribution in [0.15, 0.2) is 22.9 Å². The van der Waals surface area contributed by atoms with Gasteiger partial charge in [0.1, 0.15) is 17.3 Å². The lowest BCUT2D eigenvalue weighted by molar-refractivity contribution is 0.0434. The highest BCUT2D eigenvalue weighted by molar-refractivity contribution is 9.10. The van der Waals surface area contributed by atoms with Gasteiger partial charge in [0.05, 0.1) is 0 Å². The van der Waals surface area contributed by atoms with Crippen LogP contribution >= 0.6 is 15.9 Å². The van der Waals surface area contributed by atoms with Gasteiger partial charge in [-0.1, -0.05) is 13.8 Å². The summed E-state index contributed by atoms with van der Waals surface area (Å²) >= 11 is 3.33. The third-order valence-corrected chi connectivity index (χ3v) is 4.64. The van der Waals surface area contributed by atoms with Crippen LogP contribution in [0.25, 0.3) is 0 Å². The van der Waals surface area contributed by atoms with Crippen molar-refractivity contribution >= 4 is 15.9 Å². The van der Waals surface area contributed by atoms with Crippen molar-refractivity contribution < 1.29 is 9.84 Å². The van der Waals surface area contributed by atoms with Crippen molar-refractivity contribution in [2.45, 2.75) is 26.4 Å². The molecule has 1 aliphatic rings. The minimum atomic E-state index is -0.470. The number of aliphatic hydroxyl groups excluding tert-OH is 1. The molecule has 20 heavy (non-hydrogen) atoms. The number of likely N-dealkylation sites (tertiary alicyclic amines) is 1. The largest absolute Gasteiger partial charge is 0.488 e. The molecule has 0 aliphatic carbocycles. The Hall–Kier alpha value is -0.650. The number of halogens is 1. The summed E-state index contributed by atoms with van der Waals surface area (Å²) in [6, 6.07) is 3.66. The van der Waals surface area contributed by atoms with Crippen LogP contribution in [0.1, 0.15) is 20.3 Å². The van der Waals surface area contributed by atoms with Gasteiger partial charge in [-0.2, -0.15) is 0 Å². The van der Waals surface area contributed by atoms with E-state index >= 15 is 0 Å². The minimum Gasteiger partial charge on any atom is -0.488 e. The van der Waals surface area contributed by atoms with Crippen LogP contribution in [0, 0.1) is 11.8 Å². The molecule has 0 amide bonds. The molecule has 0 aromatic carbocycles. The molecule has 4 nitrogen and oxygen atoms in total. The lowest BCUT2D eigenvalue weighted by atomic mass is 9.88. The van der Waals surface area contributed by atoms with E-state index in [2.05, 4.69) is 39.7 Å². The number of hydrogen-bond acceptors (Lipinski definition) is 4. The summed E-state index contributed by atoms with van der Waals surface area (Å²) in [5.74, 6) is 2.16. The standard InChI is InChI=1S/C15H23BrN2O2/c1-11-5-7-18(8-12(11)2)9-13(19)10-20-14-4-3-6-17-15(14)16/h3-4,6,11-13,19H,5,7-10H2,1-2H3/t11?,12-,13?/m0/s1. The average Bonchev–Trinajstić information content (AvgIpc) is 2.42. The first-order valence-corrected chi connectivity index (χ1v) is 7.99. The highest BCUT2D eigenvalue weighted by Gasteiger charge is 2.24. The minimum absolute atomic E-state index is 0.296. The molecular weight excluding hydrogens is 320 g/mol. The van der Waals surface area contributed by atoms with E-state index in [-0.39, 0.29) is 0 Å². The number of aromatic nitrogens is 1. The van der Waals surface area contributed by atoms with Crippen molar-refractivity contribution in [2.75, 3.05) is 26.2 Å². The van der Waals surface area contributed by atoms with Crippen LogP contribution < -0.4 is 4.74 Å². The zero-order chi connectivity index (χ0) is 14.5. The molecule has 1 aliphatic heterocycles. The van der Waals surface area contributed by atoms with E-state index in [9.17, 15) is 5.11 Å². The van der Waals surface area contributed by atoms with Gasteiger partial charge in [-0.15, -0.1) is 0 Å². The van der Waals surface area contributed by atoms with Crippen LogP contribution in [0.5, 0.6) is 5.75 Å². The first-order chi connectivity index (χ1) is 9.56. The molecule has 3 atom stereocenters. The van der Waals surface area contributed by atoms with E-state index in [1.807, 2.05) is 12.1 Å². The average molecular weight is 343 g/mol. The molecule has 2 rings (SSSR count). The molecule has 1 N–H and O–H groups in total. The summed E-state index contributed by atoms with van der Waals surface area (Å²) in [5.41, 5.74) is 0. The second kappa shape index (κ2) is 7.38. The second-order valence-electron chi connectivity index (χ2n) is 5.76. The Morgan fingerprint density at radius 1 is 1.50 bits per heavy atom. The summed E-state index contributed by atoms with van der Waals surface area (Å²) in [6.07, 6.45) is 2.44. The van der Waals surface area contributed by atoms with Crippen molar-refractivity contribution in [3.63, 3.8) is 0 Å². The van der Waals surface area contributed by atoms with Gasteiger partial charge in [0.15, 0.2) is 5.75 Å². The predicted molar refractivity (Wildman–Crippen MR) is 82.8 cm³/mol. The number of nitrogens with zero attached hydrogens (tertiary/aromatic N) is 2. The fraction of sp³-hybridized carbons (Fsp3) is 0.667. The van der Waals surface area contributed by atoms with Crippen LogP contribution in [-0.4, -0.2) is 47.3 Å². The van der Waals surface area contributed by atoms with Crippen molar-refractivity contribution in [1.29, 1.82) is 0 Å². The molecule has 0 radical (unpaired) electrons. The molecule has 2 heterocycles. The van der Waals surface area contributed by atoms with Gasteiger partial charge in [0.2, 0.25) is 0 Å². The zero-order valence-electron chi connectivity index (χ0n) is 12.1. The Morgan fingerprint density at radius 2 is 2.30 bits per heavy atom. The van der Waals surface area contributed by atoms with Crippen molar-refractivity contribution in [3.05, 3.63) is 22.9 Å². The maximum absolute atomic E-state index is 10.1. The number of rotatable bonds is 5. The molecule has 2 unspecified atom stereocenters. The zero-order valence-corrected chi connectivity index (χ0v) is 13.7. The van der Waals surface area contributed by atoms with E-state index < -0.39 is 6.10 Å².